The van der Waals surface area contributed by atoms with Crippen LogP contribution in [-0.4, -0.2) is 0 Å². The highest BCUT2D eigenvalue weighted by Crippen LogP contribution is 2.20. The predicted molar refractivity (Wildman–Crippen MR) is 78.2 cm³/mol. The number of thiophene rings is 1. The fraction of sp³-hybridized carbons (Fsp3) is 0.231. The number of hydrogen-bond donors (Lipinski definition) is 2. The maximum Gasteiger partial charge on any atom is 0.0318 e. The van der Waals surface area contributed by atoms with Crippen molar-refractivity contribution in [1.29, 1.82) is 0 Å². The third-order valence-electron chi connectivity index (χ3n) is 2.64. The van der Waals surface area contributed by atoms with Gasteiger partial charge in [-0.2, -0.15) is 0 Å². The fourth-order valence-corrected chi connectivity index (χ4v) is 2.89. The normalized spacial score (nSPS) is 10.7. The summed E-state index contributed by atoms with van der Waals surface area (Å²) < 4.78 is 1.10. The van der Waals surface area contributed by atoms with Gasteiger partial charge in [-0.3, -0.25) is 0 Å². The van der Waals surface area contributed by atoms with Gasteiger partial charge in [-0.25, -0.2) is 0 Å². The van der Waals surface area contributed by atoms with E-state index in [0.717, 1.165) is 23.2 Å². The minimum atomic E-state index is 0.803. The van der Waals surface area contributed by atoms with E-state index in [1.54, 1.807) is 11.3 Å². The first-order valence-corrected chi connectivity index (χ1v) is 7.11. The lowest BCUT2D eigenvalue weighted by molar-refractivity contribution is 0.697. The van der Waals surface area contributed by atoms with Gasteiger partial charge in [0.05, 0.1) is 0 Å². The molecule has 0 aliphatic carbocycles. The smallest absolute Gasteiger partial charge is 0.0318 e. The summed E-state index contributed by atoms with van der Waals surface area (Å²) in [4.78, 5) is 1.39. The Morgan fingerprint density at radius 2 is 2.12 bits per heavy atom. The lowest BCUT2D eigenvalue weighted by Gasteiger charge is -2.07. The molecule has 1 aromatic carbocycles. The van der Waals surface area contributed by atoms with E-state index in [1.165, 1.54) is 16.0 Å². The number of rotatable bonds is 4. The molecule has 1 aromatic heterocycles. The molecule has 0 fully saturated rings. The number of anilines is 1. The molecule has 0 saturated heterocycles. The monoisotopic (exact) mass is 310 g/mol. The first-order chi connectivity index (χ1) is 8.16. The second-order valence-electron chi connectivity index (χ2n) is 3.98. The molecule has 0 amide bonds. The van der Waals surface area contributed by atoms with Gasteiger partial charge >= 0.3 is 0 Å². The molecule has 0 spiro atoms. The van der Waals surface area contributed by atoms with Crippen molar-refractivity contribution in [3.05, 3.63) is 50.1 Å². The van der Waals surface area contributed by atoms with Crippen molar-refractivity contribution in [3.63, 3.8) is 0 Å². The second-order valence-corrected chi connectivity index (χ2v) is 5.84. The Balaban J connectivity index is 1.94. The van der Waals surface area contributed by atoms with Crippen LogP contribution in [0, 0.1) is 6.92 Å². The number of nitrogen functional groups attached to an aromatic ring is 1. The number of nitrogens with one attached hydrogen (secondary N) is 1. The topological polar surface area (TPSA) is 38.0 Å². The Bertz CT molecular complexity index is 508. The zero-order valence-electron chi connectivity index (χ0n) is 9.66. The third kappa shape index (κ3) is 3.31. The molecule has 0 unspecified atom stereocenters. The standard InChI is InChI=1S/C13H15BrN2S/c1-9-4-5-17-13(9)8-16-7-10-6-11(15)2-3-12(10)14/h2-6,16H,7-8,15H2,1H3. The molecule has 17 heavy (non-hydrogen) atoms. The van der Waals surface area contributed by atoms with Gasteiger partial charge in [0.15, 0.2) is 0 Å². The van der Waals surface area contributed by atoms with Gasteiger partial charge in [0, 0.05) is 28.1 Å². The Kier molecular flexibility index (Phi) is 4.20. The lowest BCUT2D eigenvalue weighted by Crippen LogP contribution is -2.13. The van der Waals surface area contributed by atoms with E-state index < -0.39 is 0 Å². The maximum absolute atomic E-state index is 5.77. The van der Waals surface area contributed by atoms with Crippen LogP contribution in [0.3, 0.4) is 0 Å². The lowest BCUT2D eigenvalue weighted by atomic mass is 10.2. The molecule has 0 saturated carbocycles. The van der Waals surface area contributed by atoms with E-state index in [4.69, 9.17) is 5.73 Å². The maximum atomic E-state index is 5.77. The van der Waals surface area contributed by atoms with Crippen LogP contribution in [0.1, 0.15) is 16.0 Å². The van der Waals surface area contributed by atoms with Crippen molar-refractivity contribution in [1.82, 2.24) is 5.32 Å². The number of halogens is 1. The molecule has 2 nitrogen and oxygen atoms in total. The van der Waals surface area contributed by atoms with Crippen LogP contribution in [0.15, 0.2) is 34.1 Å². The van der Waals surface area contributed by atoms with Gasteiger partial charge in [-0.1, -0.05) is 15.9 Å². The molecular weight excluding hydrogens is 296 g/mol. The van der Waals surface area contributed by atoms with E-state index in [9.17, 15) is 0 Å². The summed E-state index contributed by atoms with van der Waals surface area (Å²) >= 11 is 5.32. The molecule has 90 valence electrons. The van der Waals surface area contributed by atoms with Crippen LogP contribution in [0.4, 0.5) is 5.69 Å². The van der Waals surface area contributed by atoms with Crippen LogP contribution in [0.25, 0.3) is 0 Å². The minimum Gasteiger partial charge on any atom is -0.399 e. The van der Waals surface area contributed by atoms with Crippen molar-refractivity contribution in [2.24, 2.45) is 0 Å². The molecule has 4 heteroatoms. The Labute approximate surface area is 114 Å². The highest BCUT2D eigenvalue weighted by atomic mass is 79.9. The molecular formula is C13H15BrN2S. The highest BCUT2D eigenvalue weighted by molar-refractivity contribution is 9.10. The quantitative estimate of drug-likeness (QED) is 0.845. The van der Waals surface area contributed by atoms with Crippen LogP contribution in [0.2, 0.25) is 0 Å². The number of nitrogens with two attached hydrogens (primary N) is 1. The summed E-state index contributed by atoms with van der Waals surface area (Å²) in [7, 11) is 0. The number of benzene rings is 1. The van der Waals surface area contributed by atoms with Gasteiger partial charge in [-0.15, -0.1) is 11.3 Å². The van der Waals surface area contributed by atoms with Gasteiger partial charge in [0.1, 0.15) is 0 Å². The Morgan fingerprint density at radius 1 is 1.29 bits per heavy atom. The molecule has 2 rings (SSSR count). The summed E-state index contributed by atoms with van der Waals surface area (Å²) in [6.07, 6.45) is 0. The minimum absolute atomic E-state index is 0.803. The summed E-state index contributed by atoms with van der Waals surface area (Å²) in [6, 6.07) is 8.04. The molecule has 2 aromatic rings. The van der Waals surface area contributed by atoms with E-state index in [0.29, 0.717) is 0 Å². The first-order valence-electron chi connectivity index (χ1n) is 5.44. The first kappa shape index (κ1) is 12.6. The number of aryl methyl sites for hydroxylation is 1. The van der Waals surface area contributed by atoms with E-state index in [-0.39, 0.29) is 0 Å². The zero-order chi connectivity index (χ0) is 12.3. The van der Waals surface area contributed by atoms with Crippen molar-refractivity contribution in [3.8, 4) is 0 Å². The second kappa shape index (κ2) is 5.67. The van der Waals surface area contributed by atoms with Gasteiger partial charge in [-0.05, 0) is 47.7 Å². The van der Waals surface area contributed by atoms with E-state index in [2.05, 4.69) is 39.6 Å². The van der Waals surface area contributed by atoms with Crippen LogP contribution in [-0.2, 0) is 13.1 Å². The summed E-state index contributed by atoms with van der Waals surface area (Å²) in [5.74, 6) is 0. The molecule has 0 bridgehead atoms. The number of hydrogen-bond acceptors (Lipinski definition) is 3. The molecule has 0 radical (unpaired) electrons. The predicted octanol–water partition coefficient (Wildman–Crippen LogP) is 3.69. The van der Waals surface area contributed by atoms with E-state index in [1.807, 2.05) is 18.2 Å². The van der Waals surface area contributed by atoms with Crippen LogP contribution >= 0.6 is 27.3 Å². The van der Waals surface area contributed by atoms with Crippen molar-refractivity contribution in [2.75, 3.05) is 5.73 Å². The molecule has 0 aliphatic rings. The molecule has 0 aliphatic heterocycles. The third-order valence-corrected chi connectivity index (χ3v) is 4.44. The van der Waals surface area contributed by atoms with Gasteiger partial charge in [0.25, 0.3) is 0 Å². The average molecular weight is 311 g/mol. The van der Waals surface area contributed by atoms with Crippen LogP contribution in [0.5, 0.6) is 0 Å². The molecule has 3 N–H and O–H groups in total. The Hall–Kier alpha value is -0.840. The van der Waals surface area contributed by atoms with Gasteiger partial charge < -0.3 is 11.1 Å². The molecule has 0 atom stereocenters. The average Bonchev–Trinajstić information content (AvgIpc) is 2.70. The molecule has 1 heterocycles. The summed E-state index contributed by atoms with van der Waals surface area (Å²) in [5.41, 5.74) is 9.12. The van der Waals surface area contributed by atoms with Crippen LogP contribution < -0.4 is 11.1 Å². The fourth-order valence-electron chi connectivity index (χ4n) is 1.63. The zero-order valence-corrected chi connectivity index (χ0v) is 12.1. The highest BCUT2D eigenvalue weighted by Gasteiger charge is 2.02. The largest absolute Gasteiger partial charge is 0.399 e. The van der Waals surface area contributed by atoms with Crippen molar-refractivity contribution in [2.45, 2.75) is 20.0 Å². The SMILES string of the molecule is Cc1ccsc1CNCc1cc(N)ccc1Br. The Morgan fingerprint density at radius 3 is 2.82 bits per heavy atom. The van der Waals surface area contributed by atoms with Gasteiger partial charge in [0.2, 0.25) is 0 Å². The van der Waals surface area contributed by atoms with E-state index >= 15 is 0 Å². The van der Waals surface area contributed by atoms with Crippen molar-refractivity contribution >= 4 is 33.0 Å². The summed E-state index contributed by atoms with van der Waals surface area (Å²) in [5, 5.41) is 5.57. The summed E-state index contributed by atoms with van der Waals surface area (Å²) in [6.45, 7) is 3.87. The van der Waals surface area contributed by atoms with Crippen molar-refractivity contribution < 1.29 is 0 Å².